The van der Waals surface area contributed by atoms with Gasteiger partial charge in [0, 0.05) is 17.7 Å². The lowest BCUT2D eigenvalue weighted by Gasteiger charge is -2.18. The van der Waals surface area contributed by atoms with E-state index in [-0.39, 0.29) is 11.4 Å². The Balaban J connectivity index is 2.11. The quantitative estimate of drug-likeness (QED) is 0.817. The summed E-state index contributed by atoms with van der Waals surface area (Å²) in [5.74, 6) is 0.569. The van der Waals surface area contributed by atoms with Crippen LogP contribution in [0.25, 0.3) is 11.3 Å². The number of nitrogens with zero attached hydrogens (tertiary/aromatic N) is 1. The Labute approximate surface area is 95.9 Å². The monoisotopic (exact) mass is 236 g/mol. The highest BCUT2D eigenvalue weighted by Gasteiger charge is 2.18. The summed E-state index contributed by atoms with van der Waals surface area (Å²) < 4.78 is 29.2. The van der Waals surface area contributed by atoms with E-state index in [1.165, 1.54) is 18.2 Å². The second-order valence-corrected chi connectivity index (χ2v) is 3.59. The Morgan fingerprint density at radius 1 is 1.12 bits per heavy atom. The predicted octanol–water partition coefficient (Wildman–Crippen LogP) is 1.83. The van der Waals surface area contributed by atoms with Crippen LogP contribution in [0.4, 0.5) is 10.3 Å². The number of ether oxygens (including phenoxy) is 2. The molecular weight excluding hydrogens is 227 g/mol. The minimum absolute atomic E-state index is 0.134. The van der Waals surface area contributed by atoms with Crippen molar-refractivity contribution in [3.63, 3.8) is 0 Å². The van der Waals surface area contributed by atoms with Gasteiger partial charge in [0.1, 0.15) is 24.7 Å². The number of fused-ring (bicyclic) bond motifs is 1. The molecule has 6 heteroatoms. The third-order valence-corrected chi connectivity index (χ3v) is 2.44. The Bertz CT molecular complexity index is 568. The van der Waals surface area contributed by atoms with Crippen molar-refractivity contribution in [3.05, 3.63) is 24.0 Å². The van der Waals surface area contributed by atoms with Crippen molar-refractivity contribution in [1.29, 1.82) is 0 Å². The molecule has 0 amide bonds. The van der Waals surface area contributed by atoms with Gasteiger partial charge in [-0.05, 0) is 6.07 Å². The minimum atomic E-state index is -0.456. The molecule has 0 aliphatic carbocycles. The molecule has 0 fully saturated rings. The van der Waals surface area contributed by atoms with E-state index in [9.17, 15) is 4.39 Å². The molecule has 0 radical (unpaired) electrons. The standard InChI is InChI=1S/C11H9FN2O3/c12-7-4-10-9(15-1-2-16-10)3-6(7)8-5-11(13)17-14-8/h3-5H,1-2,13H2. The van der Waals surface area contributed by atoms with Crippen LogP contribution in [0, 0.1) is 5.82 Å². The molecule has 5 nitrogen and oxygen atoms in total. The molecule has 88 valence electrons. The van der Waals surface area contributed by atoms with Crippen LogP contribution in [0.15, 0.2) is 22.7 Å². The molecule has 0 spiro atoms. The summed E-state index contributed by atoms with van der Waals surface area (Å²) in [5.41, 5.74) is 6.00. The van der Waals surface area contributed by atoms with Crippen LogP contribution in [0.2, 0.25) is 0 Å². The number of nitrogens with two attached hydrogens (primary N) is 1. The largest absolute Gasteiger partial charge is 0.486 e. The highest BCUT2D eigenvalue weighted by atomic mass is 19.1. The molecule has 2 aromatic rings. The number of anilines is 1. The predicted molar refractivity (Wildman–Crippen MR) is 57.3 cm³/mol. The maximum absolute atomic E-state index is 13.8. The maximum Gasteiger partial charge on any atom is 0.222 e. The smallest absolute Gasteiger partial charge is 0.222 e. The number of rotatable bonds is 1. The minimum Gasteiger partial charge on any atom is -0.486 e. The summed E-state index contributed by atoms with van der Waals surface area (Å²) in [6.45, 7) is 0.863. The van der Waals surface area contributed by atoms with Crippen LogP contribution in [0.3, 0.4) is 0 Å². The van der Waals surface area contributed by atoms with Crippen molar-refractivity contribution in [2.24, 2.45) is 0 Å². The summed E-state index contributed by atoms with van der Waals surface area (Å²) in [6.07, 6.45) is 0. The summed E-state index contributed by atoms with van der Waals surface area (Å²) >= 11 is 0. The van der Waals surface area contributed by atoms with E-state index in [0.717, 1.165) is 0 Å². The molecule has 0 unspecified atom stereocenters. The van der Waals surface area contributed by atoms with Gasteiger partial charge >= 0.3 is 0 Å². The molecule has 2 heterocycles. The molecule has 1 aliphatic rings. The zero-order chi connectivity index (χ0) is 11.8. The fourth-order valence-electron chi connectivity index (χ4n) is 1.68. The lowest BCUT2D eigenvalue weighted by atomic mass is 10.1. The van der Waals surface area contributed by atoms with Crippen molar-refractivity contribution in [1.82, 2.24) is 5.16 Å². The number of nitrogen functional groups attached to an aromatic ring is 1. The van der Waals surface area contributed by atoms with Crippen molar-refractivity contribution in [2.75, 3.05) is 18.9 Å². The first kappa shape index (κ1) is 9.95. The summed E-state index contributed by atoms with van der Waals surface area (Å²) in [5, 5.41) is 3.66. The maximum atomic E-state index is 13.8. The van der Waals surface area contributed by atoms with E-state index in [0.29, 0.717) is 30.4 Å². The molecule has 0 bridgehead atoms. The number of hydrogen-bond donors (Lipinski definition) is 1. The fraction of sp³-hybridized carbons (Fsp3) is 0.182. The first-order chi connectivity index (χ1) is 8.24. The summed E-state index contributed by atoms with van der Waals surface area (Å²) in [4.78, 5) is 0. The number of halogens is 1. The van der Waals surface area contributed by atoms with Crippen molar-refractivity contribution in [3.8, 4) is 22.8 Å². The van der Waals surface area contributed by atoms with Crippen LogP contribution in [0.1, 0.15) is 0 Å². The average Bonchev–Trinajstić information content (AvgIpc) is 2.75. The summed E-state index contributed by atoms with van der Waals surface area (Å²) in [7, 11) is 0. The van der Waals surface area contributed by atoms with Crippen LogP contribution in [-0.2, 0) is 0 Å². The molecule has 3 rings (SSSR count). The van der Waals surface area contributed by atoms with Crippen molar-refractivity contribution < 1.29 is 18.4 Å². The van der Waals surface area contributed by atoms with Gasteiger partial charge in [0.05, 0.1) is 0 Å². The molecule has 1 aromatic heterocycles. The first-order valence-electron chi connectivity index (χ1n) is 5.06. The average molecular weight is 236 g/mol. The Hall–Kier alpha value is -2.24. The highest BCUT2D eigenvalue weighted by molar-refractivity contribution is 5.66. The Kier molecular flexibility index (Phi) is 2.14. The lowest BCUT2D eigenvalue weighted by molar-refractivity contribution is 0.171. The molecule has 1 aliphatic heterocycles. The highest BCUT2D eigenvalue weighted by Crippen LogP contribution is 2.36. The van der Waals surface area contributed by atoms with E-state index in [1.807, 2.05) is 0 Å². The van der Waals surface area contributed by atoms with E-state index < -0.39 is 5.82 Å². The molecule has 0 saturated carbocycles. The third-order valence-electron chi connectivity index (χ3n) is 2.44. The zero-order valence-electron chi connectivity index (χ0n) is 8.77. The molecule has 2 N–H and O–H groups in total. The molecule has 0 atom stereocenters. The van der Waals surface area contributed by atoms with Crippen LogP contribution in [-0.4, -0.2) is 18.4 Å². The first-order valence-corrected chi connectivity index (χ1v) is 5.06. The molecule has 0 saturated heterocycles. The van der Waals surface area contributed by atoms with Gasteiger partial charge in [-0.2, -0.15) is 0 Å². The topological polar surface area (TPSA) is 70.5 Å². The van der Waals surface area contributed by atoms with Gasteiger partial charge in [0.15, 0.2) is 11.5 Å². The van der Waals surface area contributed by atoms with Gasteiger partial charge in [-0.15, -0.1) is 0 Å². The lowest BCUT2D eigenvalue weighted by Crippen LogP contribution is -2.15. The zero-order valence-corrected chi connectivity index (χ0v) is 8.77. The SMILES string of the molecule is Nc1cc(-c2cc3c(cc2F)OCCO3)no1. The Morgan fingerprint density at radius 2 is 1.82 bits per heavy atom. The molecule has 1 aromatic carbocycles. The number of hydrogen-bond acceptors (Lipinski definition) is 5. The normalized spacial score (nSPS) is 13.7. The van der Waals surface area contributed by atoms with Gasteiger partial charge in [-0.25, -0.2) is 4.39 Å². The van der Waals surface area contributed by atoms with Crippen LogP contribution in [0.5, 0.6) is 11.5 Å². The Morgan fingerprint density at radius 3 is 2.47 bits per heavy atom. The van der Waals surface area contributed by atoms with Crippen LogP contribution < -0.4 is 15.2 Å². The second-order valence-electron chi connectivity index (χ2n) is 3.59. The third kappa shape index (κ3) is 1.67. The van der Waals surface area contributed by atoms with Gasteiger partial charge < -0.3 is 19.7 Å². The second kappa shape index (κ2) is 3.65. The van der Waals surface area contributed by atoms with Gasteiger partial charge in [-0.3, -0.25) is 0 Å². The van der Waals surface area contributed by atoms with Gasteiger partial charge in [-0.1, -0.05) is 5.16 Å². The van der Waals surface area contributed by atoms with Crippen molar-refractivity contribution >= 4 is 5.88 Å². The molecule has 17 heavy (non-hydrogen) atoms. The van der Waals surface area contributed by atoms with E-state index in [4.69, 9.17) is 19.7 Å². The number of aromatic nitrogens is 1. The van der Waals surface area contributed by atoms with Gasteiger partial charge in [0.2, 0.25) is 5.88 Å². The summed E-state index contributed by atoms with van der Waals surface area (Å²) in [6, 6.07) is 4.25. The number of benzene rings is 1. The van der Waals surface area contributed by atoms with Crippen LogP contribution >= 0.6 is 0 Å². The van der Waals surface area contributed by atoms with Gasteiger partial charge in [0.25, 0.3) is 0 Å². The van der Waals surface area contributed by atoms with E-state index >= 15 is 0 Å². The van der Waals surface area contributed by atoms with E-state index in [2.05, 4.69) is 5.16 Å². The molecular formula is C11H9FN2O3. The van der Waals surface area contributed by atoms with Crippen molar-refractivity contribution in [2.45, 2.75) is 0 Å². The van der Waals surface area contributed by atoms with E-state index in [1.54, 1.807) is 0 Å². The fourth-order valence-corrected chi connectivity index (χ4v) is 1.68.